The molecule has 1 saturated heterocycles. The van der Waals surface area contributed by atoms with Crippen LogP contribution < -0.4 is 5.32 Å². The van der Waals surface area contributed by atoms with E-state index in [1.165, 1.54) is 4.31 Å². The van der Waals surface area contributed by atoms with E-state index in [-0.39, 0.29) is 18.4 Å². The van der Waals surface area contributed by atoms with E-state index in [1.807, 2.05) is 29.9 Å². The predicted octanol–water partition coefficient (Wildman–Crippen LogP) is 2.50. The molecule has 0 spiro atoms. The van der Waals surface area contributed by atoms with Crippen LogP contribution in [0, 0.1) is 5.92 Å². The van der Waals surface area contributed by atoms with Gasteiger partial charge in [-0.2, -0.15) is 4.31 Å². The fourth-order valence-electron chi connectivity index (χ4n) is 3.48. The molecule has 6 nitrogen and oxygen atoms in total. The van der Waals surface area contributed by atoms with Crippen LogP contribution >= 0.6 is 0 Å². The number of sulfonamides is 1. The third-order valence-corrected chi connectivity index (χ3v) is 6.94. The molecule has 1 fully saturated rings. The molecule has 142 valence electrons. The monoisotopic (exact) mass is 377 g/mol. The number of carbonyl (C=O) groups excluding carboxylic acids is 1. The van der Waals surface area contributed by atoms with Crippen molar-refractivity contribution in [1.82, 2.24) is 14.2 Å². The lowest BCUT2D eigenvalue weighted by Crippen LogP contribution is -2.45. The minimum absolute atomic E-state index is 0.0307. The molecule has 1 aromatic heterocycles. The highest BCUT2D eigenvalue weighted by Gasteiger charge is 2.33. The van der Waals surface area contributed by atoms with Gasteiger partial charge in [-0.05, 0) is 43.5 Å². The summed E-state index contributed by atoms with van der Waals surface area (Å²) in [6.07, 6.45) is 5.32. The van der Waals surface area contributed by atoms with Crippen molar-refractivity contribution >= 4 is 26.8 Å². The van der Waals surface area contributed by atoms with Crippen molar-refractivity contribution in [3.05, 3.63) is 30.5 Å². The van der Waals surface area contributed by atoms with Crippen LogP contribution in [0.25, 0.3) is 10.9 Å². The van der Waals surface area contributed by atoms with Gasteiger partial charge >= 0.3 is 0 Å². The van der Waals surface area contributed by atoms with Crippen LogP contribution in [0.5, 0.6) is 0 Å². The van der Waals surface area contributed by atoms with E-state index in [1.54, 1.807) is 12.1 Å². The summed E-state index contributed by atoms with van der Waals surface area (Å²) in [5.41, 5.74) is 0.996. The van der Waals surface area contributed by atoms with E-state index in [0.29, 0.717) is 24.4 Å². The molecule has 1 atom stereocenters. The molecule has 7 heteroatoms. The standard InChI is InChI=1S/C19H27N3O3S/c1-3-4-10-20-19(23)16-6-5-11-22(14-16)26(24,25)17-7-8-18-15(13-17)9-12-21(18)2/h7-9,12-13,16H,3-6,10-11,14H2,1-2H3,(H,20,23)/t16-/m0/s1. The Kier molecular flexibility index (Phi) is 5.67. The summed E-state index contributed by atoms with van der Waals surface area (Å²) in [4.78, 5) is 12.6. The van der Waals surface area contributed by atoms with E-state index in [4.69, 9.17) is 0 Å². The number of benzene rings is 1. The lowest BCUT2D eigenvalue weighted by atomic mass is 9.99. The fourth-order valence-corrected chi connectivity index (χ4v) is 5.04. The number of hydrogen-bond acceptors (Lipinski definition) is 3. The second-order valence-electron chi connectivity index (χ2n) is 6.99. The molecule has 0 aliphatic carbocycles. The SMILES string of the molecule is CCCCNC(=O)[C@H]1CCCN(S(=O)(=O)c2ccc3c(ccn3C)c2)C1. The highest BCUT2D eigenvalue weighted by atomic mass is 32.2. The first-order valence-electron chi connectivity index (χ1n) is 9.26. The van der Waals surface area contributed by atoms with Crippen molar-refractivity contribution < 1.29 is 13.2 Å². The van der Waals surface area contributed by atoms with Gasteiger partial charge in [-0.3, -0.25) is 4.79 Å². The van der Waals surface area contributed by atoms with E-state index < -0.39 is 10.0 Å². The number of fused-ring (bicyclic) bond motifs is 1. The third kappa shape index (κ3) is 3.78. The number of carbonyl (C=O) groups is 1. The van der Waals surface area contributed by atoms with Crippen molar-refractivity contribution in [3.8, 4) is 0 Å². The average molecular weight is 378 g/mol. The van der Waals surface area contributed by atoms with E-state index in [9.17, 15) is 13.2 Å². The number of rotatable bonds is 6. The molecular formula is C19H27N3O3S. The molecule has 0 radical (unpaired) electrons. The summed E-state index contributed by atoms with van der Waals surface area (Å²) in [5.74, 6) is -0.298. The van der Waals surface area contributed by atoms with Crippen LogP contribution in [-0.2, 0) is 21.9 Å². The minimum Gasteiger partial charge on any atom is -0.356 e. The maximum absolute atomic E-state index is 13.1. The molecule has 1 N–H and O–H groups in total. The number of unbranched alkanes of at least 4 members (excludes halogenated alkanes) is 1. The van der Waals surface area contributed by atoms with Gasteiger partial charge < -0.3 is 9.88 Å². The first kappa shape index (κ1) is 18.9. The second kappa shape index (κ2) is 7.80. The summed E-state index contributed by atoms with van der Waals surface area (Å²) in [6.45, 7) is 3.45. The number of aryl methyl sites for hydroxylation is 1. The summed E-state index contributed by atoms with van der Waals surface area (Å²) in [7, 11) is -1.66. The number of hydrogen-bond donors (Lipinski definition) is 1. The van der Waals surface area contributed by atoms with Crippen molar-refractivity contribution in [2.24, 2.45) is 13.0 Å². The van der Waals surface area contributed by atoms with Gasteiger partial charge in [-0.1, -0.05) is 13.3 Å². The van der Waals surface area contributed by atoms with Gasteiger partial charge in [0.25, 0.3) is 0 Å². The fraction of sp³-hybridized carbons (Fsp3) is 0.526. The van der Waals surface area contributed by atoms with Gasteiger partial charge in [0.2, 0.25) is 15.9 Å². The van der Waals surface area contributed by atoms with Crippen molar-refractivity contribution in [2.45, 2.75) is 37.5 Å². The molecule has 1 amide bonds. The van der Waals surface area contributed by atoms with Crippen LogP contribution in [-0.4, -0.2) is 42.8 Å². The molecule has 0 saturated carbocycles. The molecule has 26 heavy (non-hydrogen) atoms. The normalized spacial score (nSPS) is 18.9. The largest absolute Gasteiger partial charge is 0.356 e. The molecule has 2 aromatic rings. The summed E-state index contributed by atoms with van der Waals surface area (Å²) in [5, 5.41) is 3.83. The van der Waals surface area contributed by atoms with Crippen molar-refractivity contribution in [3.63, 3.8) is 0 Å². The number of nitrogens with one attached hydrogen (secondary N) is 1. The first-order valence-corrected chi connectivity index (χ1v) is 10.7. The lowest BCUT2D eigenvalue weighted by molar-refractivity contribution is -0.126. The molecular weight excluding hydrogens is 350 g/mol. The van der Waals surface area contributed by atoms with Gasteiger partial charge in [0.1, 0.15) is 0 Å². The maximum Gasteiger partial charge on any atom is 0.243 e. The Balaban J connectivity index is 1.76. The predicted molar refractivity (Wildman–Crippen MR) is 102 cm³/mol. The molecule has 1 aliphatic heterocycles. The molecule has 3 rings (SSSR count). The number of piperidine rings is 1. The molecule has 0 bridgehead atoms. The highest BCUT2D eigenvalue weighted by molar-refractivity contribution is 7.89. The van der Waals surface area contributed by atoms with Crippen LogP contribution in [0.15, 0.2) is 35.4 Å². The van der Waals surface area contributed by atoms with Gasteiger partial charge in [-0.25, -0.2) is 8.42 Å². The Morgan fingerprint density at radius 2 is 2.12 bits per heavy atom. The topological polar surface area (TPSA) is 71.4 Å². The Morgan fingerprint density at radius 1 is 1.31 bits per heavy atom. The molecule has 1 aliphatic rings. The van der Waals surface area contributed by atoms with Crippen molar-refractivity contribution in [1.29, 1.82) is 0 Å². The average Bonchev–Trinajstić information content (AvgIpc) is 3.02. The van der Waals surface area contributed by atoms with Crippen molar-refractivity contribution in [2.75, 3.05) is 19.6 Å². The molecule has 0 unspecified atom stereocenters. The van der Waals surface area contributed by atoms with Gasteiger partial charge in [0, 0.05) is 43.8 Å². The Bertz CT molecular complexity index is 889. The van der Waals surface area contributed by atoms with Crippen LogP contribution in [0.3, 0.4) is 0 Å². The Morgan fingerprint density at radius 3 is 2.88 bits per heavy atom. The van der Waals surface area contributed by atoms with Gasteiger partial charge in [0.05, 0.1) is 10.8 Å². The van der Waals surface area contributed by atoms with Crippen LogP contribution in [0.4, 0.5) is 0 Å². The molecule has 2 heterocycles. The smallest absolute Gasteiger partial charge is 0.243 e. The van der Waals surface area contributed by atoms with Gasteiger partial charge in [0.15, 0.2) is 0 Å². The first-order chi connectivity index (χ1) is 12.4. The second-order valence-corrected chi connectivity index (χ2v) is 8.93. The molecule has 1 aromatic carbocycles. The zero-order chi connectivity index (χ0) is 18.7. The maximum atomic E-state index is 13.1. The number of aromatic nitrogens is 1. The Labute approximate surface area is 155 Å². The minimum atomic E-state index is -3.59. The highest BCUT2D eigenvalue weighted by Crippen LogP contribution is 2.26. The zero-order valence-corrected chi connectivity index (χ0v) is 16.3. The van der Waals surface area contributed by atoms with Crippen LogP contribution in [0.1, 0.15) is 32.6 Å². The quantitative estimate of drug-likeness (QED) is 0.786. The summed E-state index contributed by atoms with van der Waals surface area (Å²) < 4.78 is 29.5. The third-order valence-electron chi connectivity index (χ3n) is 5.08. The Hall–Kier alpha value is -1.86. The van der Waals surface area contributed by atoms with E-state index in [0.717, 1.165) is 30.2 Å². The van der Waals surface area contributed by atoms with Crippen LogP contribution in [0.2, 0.25) is 0 Å². The van der Waals surface area contributed by atoms with E-state index in [2.05, 4.69) is 12.2 Å². The number of nitrogens with zero attached hydrogens (tertiary/aromatic N) is 2. The van der Waals surface area contributed by atoms with E-state index >= 15 is 0 Å². The number of amides is 1. The lowest BCUT2D eigenvalue weighted by Gasteiger charge is -2.31. The summed E-state index contributed by atoms with van der Waals surface area (Å²) in [6, 6.07) is 7.12. The zero-order valence-electron chi connectivity index (χ0n) is 15.4. The summed E-state index contributed by atoms with van der Waals surface area (Å²) >= 11 is 0. The van der Waals surface area contributed by atoms with Gasteiger partial charge in [-0.15, -0.1) is 0 Å².